The van der Waals surface area contributed by atoms with Gasteiger partial charge in [0.15, 0.2) is 17.6 Å². The summed E-state index contributed by atoms with van der Waals surface area (Å²) in [4.78, 5) is 5.57. The van der Waals surface area contributed by atoms with Crippen LogP contribution in [-0.2, 0) is 4.84 Å². The number of rotatable bonds is 6. The average Bonchev–Trinajstić information content (AvgIpc) is 3.16. The van der Waals surface area contributed by atoms with Crippen LogP contribution in [-0.4, -0.2) is 39.3 Å². The summed E-state index contributed by atoms with van der Waals surface area (Å²) in [6.07, 6.45) is 0.0105. The molecule has 7 nitrogen and oxygen atoms in total. The average molecular weight is 359 g/mol. The van der Waals surface area contributed by atoms with Crippen LogP contribution in [0.5, 0.6) is 28.7 Å². The maximum Gasteiger partial charge on any atom is 0.164 e. The molecular weight excluding hydrogens is 338 g/mol. The zero-order chi connectivity index (χ0) is 18.7. The molecule has 0 fully saturated rings. The molecule has 3 rings (SSSR count). The van der Waals surface area contributed by atoms with Crippen molar-refractivity contribution in [3.63, 3.8) is 0 Å². The largest absolute Gasteiger partial charge is 0.504 e. The Morgan fingerprint density at radius 1 is 0.962 bits per heavy atom. The number of nitrogens with zero attached hydrogens (tertiary/aromatic N) is 1. The summed E-state index contributed by atoms with van der Waals surface area (Å²) < 4.78 is 21.4. The number of methoxy groups -OCH3 is 4. The van der Waals surface area contributed by atoms with Crippen molar-refractivity contribution in [2.45, 2.75) is 12.5 Å². The van der Waals surface area contributed by atoms with Crippen molar-refractivity contribution in [3.05, 3.63) is 41.5 Å². The van der Waals surface area contributed by atoms with Crippen LogP contribution in [0, 0.1) is 0 Å². The maximum atomic E-state index is 10.4. The number of aromatic hydroxyl groups is 1. The van der Waals surface area contributed by atoms with Gasteiger partial charge in [-0.05, 0) is 6.07 Å². The normalized spacial score (nSPS) is 15.8. The van der Waals surface area contributed by atoms with Crippen molar-refractivity contribution in [3.8, 4) is 28.7 Å². The zero-order valence-corrected chi connectivity index (χ0v) is 15.1. The minimum Gasteiger partial charge on any atom is -0.504 e. The first-order chi connectivity index (χ1) is 12.6. The molecule has 26 heavy (non-hydrogen) atoms. The molecule has 0 amide bonds. The molecular formula is C19H21NO6. The molecule has 1 unspecified atom stereocenters. The Morgan fingerprint density at radius 3 is 2.19 bits per heavy atom. The molecule has 0 saturated carbocycles. The van der Waals surface area contributed by atoms with Crippen molar-refractivity contribution in [2.24, 2.45) is 5.16 Å². The molecule has 1 aliphatic rings. The maximum absolute atomic E-state index is 10.4. The highest BCUT2D eigenvalue weighted by molar-refractivity contribution is 6.06. The lowest BCUT2D eigenvalue weighted by molar-refractivity contribution is 0.0834. The lowest BCUT2D eigenvalue weighted by atomic mass is 9.98. The predicted molar refractivity (Wildman–Crippen MR) is 95.7 cm³/mol. The molecule has 2 aromatic rings. The van der Waals surface area contributed by atoms with Gasteiger partial charge in [-0.1, -0.05) is 17.3 Å². The topological polar surface area (TPSA) is 78.7 Å². The van der Waals surface area contributed by atoms with E-state index in [1.165, 1.54) is 7.11 Å². The summed E-state index contributed by atoms with van der Waals surface area (Å²) in [6.45, 7) is 0. The highest BCUT2D eigenvalue weighted by Gasteiger charge is 2.31. The van der Waals surface area contributed by atoms with Crippen LogP contribution in [0.25, 0.3) is 0 Å². The second-order valence-corrected chi connectivity index (χ2v) is 5.64. The molecule has 1 N–H and O–H groups in total. The van der Waals surface area contributed by atoms with Crippen molar-refractivity contribution < 1.29 is 28.9 Å². The molecule has 1 atom stereocenters. The number of ether oxygens (including phenoxy) is 4. The van der Waals surface area contributed by atoms with Gasteiger partial charge in [0, 0.05) is 24.1 Å². The predicted octanol–water partition coefficient (Wildman–Crippen LogP) is 3.29. The van der Waals surface area contributed by atoms with E-state index in [0.29, 0.717) is 46.3 Å². The van der Waals surface area contributed by atoms with Crippen LogP contribution in [0.3, 0.4) is 0 Å². The Morgan fingerprint density at radius 2 is 1.62 bits per heavy atom. The van der Waals surface area contributed by atoms with Gasteiger partial charge in [-0.25, -0.2) is 0 Å². The molecule has 0 saturated heterocycles. The first kappa shape index (κ1) is 17.7. The lowest BCUT2D eigenvalue weighted by Gasteiger charge is -2.15. The first-order valence-electron chi connectivity index (χ1n) is 8.01. The van der Waals surface area contributed by atoms with E-state index in [1.807, 2.05) is 0 Å². The summed E-state index contributed by atoms with van der Waals surface area (Å²) in [7, 11) is 6.22. The highest BCUT2D eigenvalue weighted by atomic mass is 16.6. The summed E-state index contributed by atoms with van der Waals surface area (Å²) in [5.41, 5.74) is 1.96. The van der Waals surface area contributed by atoms with E-state index in [0.717, 1.165) is 0 Å². The van der Waals surface area contributed by atoms with Crippen molar-refractivity contribution in [2.75, 3.05) is 28.4 Å². The fourth-order valence-electron chi connectivity index (χ4n) is 2.95. The molecule has 7 heteroatoms. The van der Waals surface area contributed by atoms with Gasteiger partial charge in [-0.15, -0.1) is 0 Å². The van der Waals surface area contributed by atoms with Gasteiger partial charge >= 0.3 is 0 Å². The summed E-state index contributed by atoms with van der Waals surface area (Å²) in [6, 6.07) is 8.78. The number of oxime groups is 1. The molecule has 0 spiro atoms. The molecule has 0 aromatic heterocycles. The number of phenolic OH excluding ortho intramolecular Hbond substituents is 1. The second-order valence-electron chi connectivity index (χ2n) is 5.64. The van der Waals surface area contributed by atoms with Crippen LogP contribution in [0.4, 0.5) is 0 Å². The Labute approximate surface area is 151 Å². The third-order valence-electron chi connectivity index (χ3n) is 4.27. The third-order valence-corrected chi connectivity index (χ3v) is 4.27. The number of benzene rings is 2. The molecule has 0 aliphatic carbocycles. The standard InChI is InChI=1S/C19H21NO6/c1-22-11-8-16(24-3)18(17(9-11)25-4)13-10-15(26-20-13)12-6-5-7-14(23-2)19(12)21/h5-9,15,21H,10H2,1-4H3. The van der Waals surface area contributed by atoms with Gasteiger partial charge in [0.2, 0.25) is 0 Å². The quantitative estimate of drug-likeness (QED) is 0.853. The summed E-state index contributed by atoms with van der Waals surface area (Å²) in [5, 5.41) is 14.6. The van der Waals surface area contributed by atoms with E-state index in [2.05, 4.69) is 5.16 Å². The van der Waals surface area contributed by atoms with Crippen molar-refractivity contribution in [1.29, 1.82) is 0 Å². The smallest absolute Gasteiger partial charge is 0.164 e. The fourth-order valence-corrected chi connectivity index (χ4v) is 2.95. The van der Waals surface area contributed by atoms with Gasteiger partial charge < -0.3 is 28.9 Å². The molecule has 0 bridgehead atoms. The first-order valence-corrected chi connectivity index (χ1v) is 8.01. The summed E-state index contributed by atoms with van der Waals surface area (Å²) in [5.74, 6) is 2.19. The Kier molecular flexibility index (Phi) is 5.06. The highest BCUT2D eigenvalue weighted by Crippen LogP contribution is 2.42. The van der Waals surface area contributed by atoms with E-state index in [-0.39, 0.29) is 5.75 Å². The van der Waals surface area contributed by atoms with Gasteiger partial charge in [0.05, 0.1) is 39.7 Å². The minimum atomic E-state index is -0.434. The second kappa shape index (κ2) is 7.43. The van der Waals surface area contributed by atoms with Gasteiger partial charge in [0.25, 0.3) is 0 Å². The van der Waals surface area contributed by atoms with Gasteiger partial charge in [-0.3, -0.25) is 0 Å². The van der Waals surface area contributed by atoms with Gasteiger partial charge in [0.1, 0.15) is 17.2 Å². The van der Waals surface area contributed by atoms with E-state index in [4.69, 9.17) is 23.8 Å². The van der Waals surface area contributed by atoms with Crippen LogP contribution in [0.1, 0.15) is 23.7 Å². The molecule has 2 aromatic carbocycles. The van der Waals surface area contributed by atoms with Crippen LogP contribution < -0.4 is 18.9 Å². The number of hydrogen-bond acceptors (Lipinski definition) is 7. The Bertz CT molecular complexity index is 808. The number of hydrogen-bond donors (Lipinski definition) is 1. The van der Waals surface area contributed by atoms with E-state index >= 15 is 0 Å². The van der Waals surface area contributed by atoms with Crippen LogP contribution >= 0.6 is 0 Å². The zero-order valence-electron chi connectivity index (χ0n) is 15.1. The molecule has 1 aliphatic heterocycles. The Balaban J connectivity index is 1.94. The van der Waals surface area contributed by atoms with Crippen LogP contribution in [0.2, 0.25) is 0 Å². The third kappa shape index (κ3) is 3.08. The summed E-state index contributed by atoms with van der Waals surface area (Å²) >= 11 is 0. The van der Waals surface area contributed by atoms with Gasteiger partial charge in [-0.2, -0.15) is 0 Å². The number of phenols is 1. The minimum absolute atomic E-state index is 0.0464. The van der Waals surface area contributed by atoms with E-state index < -0.39 is 6.10 Å². The van der Waals surface area contributed by atoms with Crippen molar-refractivity contribution >= 4 is 5.71 Å². The molecule has 0 radical (unpaired) electrons. The van der Waals surface area contributed by atoms with E-state index in [9.17, 15) is 5.11 Å². The lowest BCUT2D eigenvalue weighted by Crippen LogP contribution is -2.07. The number of para-hydroxylation sites is 1. The van der Waals surface area contributed by atoms with Crippen LogP contribution in [0.15, 0.2) is 35.5 Å². The fraction of sp³-hybridized carbons (Fsp3) is 0.316. The monoisotopic (exact) mass is 359 g/mol. The molecule has 1 heterocycles. The Hall–Kier alpha value is -3.09. The van der Waals surface area contributed by atoms with E-state index in [1.54, 1.807) is 51.7 Å². The van der Waals surface area contributed by atoms with Crippen molar-refractivity contribution in [1.82, 2.24) is 0 Å². The SMILES string of the molecule is COc1cc(OC)c(C2=NOC(c3cccc(OC)c3O)C2)c(OC)c1. The molecule has 138 valence electrons.